The molecule has 1 aliphatic rings. The van der Waals surface area contributed by atoms with Gasteiger partial charge < -0.3 is 10.1 Å². The van der Waals surface area contributed by atoms with Gasteiger partial charge >= 0.3 is 0 Å². The van der Waals surface area contributed by atoms with E-state index in [9.17, 15) is 17.6 Å². The van der Waals surface area contributed by atoms with E-state index in [2.05, 4.69) is 26.0 Å². The highest BCUT2D eigenvalue weighted by molar-refractivity contribution is 9.10. The van der Waals surface area contributed by atoms with Gasteiger partial charge in [0.15, 0.2) is 6.61 Å². The maximum absolute atomic E-state index is 13.7. The average Bonchev–Trinajstić information content (AvgIpc) is 2.56. The van der Waals surface area contributed by atoms with Gasteiger partial charge in [-0.25, -0.2) is 17.5 Å². The maximum Gasteiger partial charge on any atom is 0.262 e. The van der Waals surface area contributed by atoms with Gasteiger partial charge in [-0.1, -0.05) is 23.2 Å². The fourth-order valence-corrected chi connectivity index (χ4v) is 5.34. The fourth-order valence-electron chi connectivity index (χ4n) is 2.52. The number of benzene rings is 2. The van der Waals surface area contributed by atoms with Crippen molar-refractivity contribution in [1.82, 2.24) is 4.72 Å². The summed E-state index contributed by atoms with van der Waals surface area (Å²) in [6.07, 6.45) is 0. The van der Waals surface area contributed by atoms with Crippen LogP contribution in [0.3, 0.4) is 0 Å². The lowest BCUT2D eigenvalue weighted by Gasteiger charge is -2.21. The summed E-state index contributed by atoms with van der Waals surface area (Å²) >= 11 is 14.9. The number of nitrogens with one attached hydrogen (secondary N) is 2. The third kappa shape index (κ3) is 4.22. The van der Waals surface area contributed by atoms with Crippen LogP contribution in [0.5, 0.6) is 5.75 Å². The monoisotopic (exact) mass is 496 g/mol. The fraction of sp³-hybridized carbons (Fsp3) is 0.188. The van der Waals surface area contributed by atoms with Gasteiger partial charge in [-0.05, 0) is 46.6 Å². The maximum atomic E-state index is 13.7. The molecule has 3 rings (SSSR count). The predicted molar refractivity (Wildman–Crippen MR) is 103 cm³/mol. The van der Waals surface area contributed by atoms with Crippen LogP contribution in [0.4, 0.5) is 10.1 Å². The van der Waals surface area contributed by atoms with Crippen LogP contribution >= 0.6 is 39.1 Å². The molecule has 6 nitrogen and oxygen atoms in total. The SMILES string of the molecule is CC(NS(=O)(=O)c1cc2c(cc1Br)NC(=O)CO2)c1cc(F)c(Cl)cc1Cl. The lowest BCUT2D eigenvalue weighted by atomic mass is 10.1. The summed E-state index contributed by atoms with van der Waals surface area (Å²) in [4.78, 5) is 11.3. The summed E-state index contributed by atoms with van der Waals surface area (Å²) in [7, 11) is -4.03. The molecular weight excluding hydrogens is 486 g/mol. The Labute approximate surface area is 173 Å². The van der Waals surface area contributed by atoms with Gasteiger partial charge in [-0.15, -0.1) is 0 Å². The molecule has 0 saturated heterocycles. The molecule has 0 radical (unpaired) electrons. The number of hydrogen-bond acceptors (Lipinski definition) is 4. The van der Waals surface area contributed by atoms with E-state index in [1.165, 1.54) is 25.1 Å². The molecule has 2 aromatic carbocycles. The Kier molecular flexibility index (Phi) is 5.69. The van der Waals surface area contributed by atoms with Crippen LogP contribution in [0.25, 0.3) is 0 Å². The number of rotatable bonds is 4. The second kappa shape index (κ2) is 7.56. The Balaban J connectivity index is 1.93. The van der Waals surface area contributed by atoms with E-state index in [0.29, 0.717) is 5.69 Å². The summed E-state index contributed by atoms with van der Waals surface area (Å²) in [5.41, 5.74) is 0.590. The molecule has 1 amide bonds. The van der Waals surface area contributed by atoms with Gasteiger partial charge in [0.05, 0.1) is 10.7 Å². The van der Waals surface area contributed by atoms with Crippen molar-refractivity contribution in [1.29, 1.82) is 0 Å². The van der Waals surface area contributed by atoms with Crippen LogP contribution < -0.4 is 14.8 Å². The van der Waals surface area contributed by atoms with Crippen LogP contribution in [0.2, 0.25) is 10.0 Å². The lowest BCUT2D eigenvalue weighted by Crippen LogP contribution is -2.29. The third-order valence-electron chi connectivity index (χ3n) is 3.79. The highest BCUT2D eigenvalue weighted by Gasteiger charge is 2.26. The van der Waals surface area contributed by atoms with E-state index in [-0.39, 0.29) is 43.2 Å². The van der Waals surface area contributed by atoms with E-state index in [1.54, 1.807) is 0 Å². The molecule has 0 bridgehead atoms. The largest absolute Gasteiger partial charge is 0.482 e. The van der Waals surface area contributed by atoms with Crippen molar-refractivity contribution in [2.24, 2.45) is 0 Å². The molecular formula is C16H12BrCl2FN2O4S. The number of sulfonamides is 1. The quantitative estimate of drug-likeness (QED) is 0.618. The molecule has 1 atom stereocenters. The van der Waals surface area contributed by atoms with Crippen molar-refractivity contribution >= 4 is 60.7 Å². The lowest BCUT2D eigenvalue weighted by molar-refractivity contribution is -0.118. The molecule has 27 heavy (non-hydrogen) atoms. The first-order chi connectivity index (χ1) is 12.6. The Hall–Kier alpha value is -1.39. The zero-order valence-electron chi connectivity index (χ0n) is 13.6. The average molecular weight is 498 g/mol. The number of halogens is 4. The van der Waals surface area contributed by atoms with E-state index < -0.39 is 21.9 Å². The molecule has 1 aliphatic heterocycles. The van der Waals surface area contributed by atoms with Crippen molar-refractivity contribution in [3.05, 3.63) is 50.2 Å². The van der Waals surface area contributed by atoms with E-state index in [4.69, 9.17) is 27.9 Å². The number of anilines is 1. The highest BCUT2D eigenvalue weighted by atomic mass is 79.9. The van der Waals surface area contributed by atoms with Crippen molar-refractivity contribution in [3.8, 4) is 5.75 Å². The molecule has 2 aromatic rings. The second-order valence-corrected chi connectivity index (χ2v) is 9.10. The zero-order valence-corrected chi connectivity index (χ0v) is 17.6. The summed E-state index contributed by atoms with van der Waals surface area (Å²) in [5.74, 6) is -0.821. The number of hydrogen-bond donors (Lipinski definition) is 2. The summed E-state index contributed by atoms with van der Waals surface area (Å²) in [5, 5.41) is 2.56. The minimum absolute atomic E-state index is 0.102. The molecule has 11 heteroatoms. The van der Waals surface area contributed by atoms with Crippen LogP contribution in [0.15, 0.2) is 33.6 Å². The number of carbonyl (C=O) groups is 1. The molecule has 0 aliphatic carbocycles. The predicted octanol–water partition coefficient (Wildman–Crippen LogP) is 4.27. The Morgan fingerprint density at radius 3 is 2.67 bits per heavy atom. The van der Waals surface area contributed by atoms with Gasteiger partial charge in [-0.3, -0.25) is 4.79 Å². The van der Waals surface area contributed by atoms with Crippen molar-refractivity contribution < 1.29 is 22.3 Å². The first-order valence-electron chi connectivity index (χ1n) is 7.51. The normalized spacial score (nSPS) is 14.9. The van der Waals surface area contributed by atoms with E-state index in [0.717, 1.165) is 6.07 Å². The van der Waals surface area contributed by atoms with Crippen LogP contribution in [-0.2, 0) is 14.8 Å². The zero-order chi connectivity index (χ0) is 19.9. The molecule has 0 saturated carbocycles. The van der Waals surface area contributed by atoms with Gasteiger partial charge in [0.25, 0.3) is 5.91 Å². The van der Waals surface area contributed by atoms with Crippen LogP contribution in [-0.4, -0.2) is 20.9 Å². The number of carbonyl (C=O) groups excluding carboxylic acids is 1. The molecule has 144 valence electrons. The molecule has 0 aromatic heterocycles. The van der Waals surface area contributed by atoms with Gasteiger partial charge in [0.2, 0.25) is 10.0 Å². The van der Waals surface area contributed by atoms with Crippen molar-refractivity contribution in [2.45, 2.75) is 17.9 Å². The molecule has 1 heterocycles. The topological polar surface area (TPSA) is 84.5 Å². The van der Waals surface area contributed by atoms with Crippen molar-refractivity contribution in [3.63, 3.8) is 0 Å². The Bertz CT molecular complexity index is 1050. The Morgan fingerprint density at radius 2 is 1.96 bits per heavy atom. The van der Waals surface area contributed by atoms with Crippen LogP contribution in [0.1, 0.15) is 18.5 Å². The number of amides is 1. The summed E-state index contributed by atoms with van der Waals surface area (Å²) in [6, 6.07) is 4.18. The van der Waals surface area contributed by atoms with Gasteiger partial charge in [0, 0.05) is 21.6 Å². The molecule has 1 unspecified atom stereocenters. The minimum Gasteiger partial charge on any atom is -0.482 e. The molecule has 0 spiro atoms. The van der Waals surface area contributed by atoms with Crippen molar-refractivity contribution in [2.75, 3.05) is 11.9 Å². The Morgan fingerprint density at radius 1 is 1.26 bits per heavy atom. The third-order valence-corrected chi connectivity index (χ3v) is 6.91. The highest BCUT2D eigenvalue weighted by Crippen LogP contribution is 2.36. The van der Waals surface area contributed by atoms with Gasteiger partial charge in [-0.2, -0.15) is 0 Å². The second-order valence-electron chi connectivity index (χ2n) is 5.75. The molecule has 0 fully saturated rings. The van der Waals surface area contributed by atoms with E-state index >= 15 is 0 Å². The smallest absolute Gasteiger partial charge is 0.262 e. The number of fused-ring (bicyclic) bond motifs is 1. The first kappa shape index (κ1) is 20.3. The van der Waals surface area contributed by atoms with E-state index in [1.807, 2.05) is 0 Å². The van der Waals surface area contributed by atoms with Crippen LogP contribution in [0, 0.1) is 5.82 Å². The number of ether oxygens (including phenoxy) is 1. The molecule has 2 N–H and O–H groups in total. The summed E-state index contributed by atoms with van der Waals surface area (Å²) < 4.78 is 47.3. The minimum atomic E-state index is -4.03. The standard InChI is InChI=1S/C16H12BrCl2FN2O4S/c1-7(8-2-12(20)11(19)4-10(8)18)22-27(24,25)15-5-14-13(3-9(15)17)21-16(23)6-26-14/h2-5,7,22H,6H2,1H3,(H,21,23). The van der Waals surface area contributed by atoms with Gasteiger partial charge in [0.1, 0.15) is 16.5 Å². The summed E-state index contributed by atoms with van der Waals surface area (Å²) in [6.45, 7) is 1.31. The first-order valence-corrected chi connectivity index (χ1v) is 10.5.